The summed E-state index contributed by atoms with van der Waals surface area (Å²) in [5, 5.41) is 2.92. The normalized spacial score (nSPS) is 14.2. The highest BCUT2D eigenvalue weighted by Crippen LogP contribution is 2.38. The Labute approximate surface area is 186 Å². The molecule has 0 aliphatic carbocycles. The molecule has 3 aromatic carbocycles. The van der Waals surface area contributed by atoms with E-state index in [0.717, 1.165) is 22.8 Å². The van der Waals surface area contributed by atoms with Gasteiger partial charge in [0.1, 0.15) is 23.4 Å². The number of carbonyl (C=O) groups is 1. The molecular formula is C25H25NO6. The van der Waals surface area contributed by atoms with Crippen LogP contribution in [0.25, 0.3) is 0 Å². The van der Waals surface area contributed by atoms with E-state index in [1.165, 1.54) is 21.3 Å². The predicted molar refractivity (Wildman–Crippen MR) is 120 cm³/mol. The number of amides is 1. The lowest BCUT2D eigenvalue weighted by Gasteiger charge is -2.15. The van der Waals surface area contributed by atoms with Crippen LogP contribution in [0, 0.1) is 0 Å². The van der Waals surface area contributed by atoms with Gasteiger partial charge >= 0.3 is 0 Å². The van der Waals surface area contributed by atoms with Gasteiger partial charge in [0.15, 0.2) is 11.5 Å². The Morgan fingerprint density at radius 2 is 1.66 bits per heavy atom. The zero-order chi connectivity index (χ0) is 22.5. The van der Waals surface area contributed by atoms with Gasteiger partial charge in [-0.15, -0.1) is 0 Å². The number of para-hydroxylation sites is 1. The summed E-state index contributed by atoms with van der Waals surface area (Å²) in [6.45, 7) is 0.360. The van der Waals surface area contributed by atoms with Gasteiger partial charge in [-0.2, -0.15) is 0 Å². The summed E-state index contributed by atoms with van der Waals surface area (Å²) in [7, 11) is 4.54. The van der Waals surface area contributed by atoms with E-state index >= 15 is 0 Å². The number of methoxy groups -OCH3 is 3. The van der Waals surface area contributed by atoms with E-state index in [0.29, 0.717) is 35.8 Å². The smallest absolute Gasteiger partial charge is 0.251 e. The zero-order valence-electron chi connectivity index (χ0n) is 18.2. The molecule has 0 radical (unpaired) electrons. The molecule has 4 rings (SSSR count). The van der Waals surface area contributed by atoms with Crippen LogP contribution in [0.5, 0.6) is 34.5 Å². The van der Waals surface area contributed by atoms with Crippen molar-refractivity contribution < 1.29 is 28.5 Å². The Bertz CT molecular complexity index is 1070. The van der Waals surface area contributed by atoms with E-state index < -0.39 is 0 Å². The fourth-order valence-electron chi connectivity index (χ4n) is 3.62. The molecule has 1 N–H and O–H groups in total. The number of benzene rings is 3. The summed E-state index contributed by atoms with van der Waals surface area (Å²) in [5.74, 6) is 3.37. The van der Waals surface area contributed by atoms with Crippen molar-refractivity contribution in [2.75, 3.05) is 27.9 Å². The van der Waals surface area contributed by atoms with Crippen molar-refractivity contribution in [1.82, 2.24) is 5.32 Å². The van der Waals surface area contributed by atoms with Crippen LogP contribution in [-0.2, 0) is 6.42 Å². The van der Waals surface area contributed by atoms with Crippen LogP contribution in [0.15, 0.2) is 60.7 Å². The van der Waals surface area contributed by atoms with Gasteiger partial charge in [-0.05, 0) is 42.5 Å². The van der Waals surface area contributed by atoms with Crippen molar-refractivity contribution in [1.29, 1.82) is 0 Å². The van der Waals surface area contributed by atoms with Crippen molar-refractivity contribution in [3.8, 4) is 34.5 Å². The quantitative estimate of drug-likeness (QED) is 0.571. The van der Waals surface area contributed by atoms with Crippen molar-refractivity contribution in [3.05, 3.63) is 71.8 Å². The van der Waals surface area contributed by atoms with Crippen LogP contribution in [0.3, 0.4) is 0 Å². The van der Waals surface area contributed by atoms with Gasteiger partial charge < -0.3 is 29.0 Å². The Balaban J connectivity index is 1.38. The Morgan fingerprint density at radius 3 is 2.31 bits per heavy atom. The summed E-state index contributed by atoms with van der Waals surface area (Å²) in [6, 6.07) is 18.6. The van der Waals surface area contributed by atoms with Crippen LogP contribution in [0.4, 0.5) is 0 Å². The second-order valence-electron chi connectivity index (χ2n) is 7.25. The summed E-state index contributed by atoms with van der Waals surface area (Å²) >= 11 is 0. The molecule has 0 bridgehead atoms. The molecule has 1 aliphatic heterocycles. The minimum atomic E-state index is -0.253. The first-order chi connectivity index (χ1) is 15.6. The average molecular weight is 435 g/mol. The van der Waals surface area contributed by atoms with Gasteiger partial charge in [0.25, 0.3) is 5.91 Å². The maximum atomic E-state index is 12.7. The zero-order valence-corrected chi connectivity index (χ0v) is 18.2. The highest BCUT2D eigenvalue weighted by atomic mass is 16.5. The third kappa shape index (κ3) is 4.56. The minimum absolute atomic E-state index is 0.164. The van der Waals surface area contributed by atoms with Crippen LogP contribution >= 0.6 is 0 Å². The van der Waals surface area contributed by atoms with E-state index in [9.17, 15) is 4.79 Å². The second-order valence-corrected chi connectivity index (χ2v) is 7.25. The van der Waals surface area contributed by atoms with Gasteiger partial charge in [0, 0.05) is 17.5 Å². The number of nitrogens with one attached hydrogen (secondary N) is 1. The van der Waals surface area contributed by atoms with E-state index in [2.05, 4.69) is 5.32 Å². The SMILES string of the molecule is COc1cc(C(=O)NC[C@H]2Cc3cc(Oc4ccccc4)ccc3O2)cc(OC)c1OC. The maximum absolute atomic E-state index is 12.7. The van der Waals surface area contributed by atoms with Gasteiger partial charge in [-0.1, -0.05) is 18.2 Å². The van der Waals surface area contributed by atoms with Crippen molar-refractivity contribution >= 4 is 5.91 Å². The summed E-state index contributed by atoms with van der Waals surface area (Å²) in [5.41, 5.74) is 1.46. The van der Waals surface area contributed by atoms with Crippen LogP contribution in [0.2, 0.25) is 0 Å². The largest absolute Gasteiger partial charge is 0.493 e. The predicted octanol–water partition coefficient (Wildman–Crippen LogP) is 4.24. The molecule has 3 aromatic rings. The minimum Gasteiger partial charge on any atom is -0.493 e. The lowest BCUT2D eigenvalue weighted by atomic mass is 10.1. The molecule has 1 aliphatic rings. The number of rotatable bonds is 8. The molecule has 7 nitrogen and oxygen atoms in total. The fourth-order valence-corrected chi connectivity index (χ4v) is 3.62. The standard InChI is InChI=1S/C25H25NO6/c1-28-22-13-17(14-23(29-2)24(22)30-3)25(27)26-15-20-12-16-11-19(9-10-21(16)32-20)31-18-7-5-4-6-8-18/h4-11,13-14,20H,12,15H2,1-3H3,(H,26,27)/t20-/m1/s1. The van der Waals surface area contributed by atoms with Crippen LogP contribution in [-0.4, -0.2) is 39.9 Å². The third-order valence-corrected chi connectivity index (χ3v) is 5.17. The molecule has 0 fully saturated rings. The Kier molecular flexibility index (Phi) is 6.35. The van der Waals surface area contributed by atoms with E-state index in [1.807, 2.05) is 48.5 Å². The van der Waals surface area contributed by atoms with Crippen molar-refractivity contribution in [3.63, 3.8) is 0 Å². The molecule has 0 unspecified atom stereocenters. The molecule has 1 atom stereocenters. The molecule has 7 heteroatoms. The maximum Gasteiger partial charge on any atom is 0.251 e. The molecule has 0 saturated heterocycles. The fraction of sp³-hybridized carbons (Fsp3) is 0.240. The van der Waals surface area contributed by atoms with Crippen molar-refractivity contribution in [2.45, 2.75) is 12.5 Å². The first-order valence-electron chi connectivity index (χ1n) is 10.2. The number of fused-ring (bicyclic) bond motifs is 1. The molecule has 166 valence electrons. The van der Waals surface area contributed by atoms with Crippen molar-refractivity contribution in [2.24, 2.45) is 0 Å². The van der Waals surface area contributed by atoms with Gasteiger partial charge in [0.05, 0.1) is 27.9 Å². The number of carbonyl (C=O) groups excluding carboxylic acids is 1. The summed E-state index contributed by atoms with van der Waals surface area (Å²) in [4.78, 5) is 12.7. The van der Waals surface area contributed by atoms with Gasteiger partial charge in [-0.3, -0.25) is 4.79 Å². The van der Waals surface area contributed by atoms with Crippen LogP contribution in [0.1, 0.15) is 15.9 Å². The highest BCUT2D eigenvalue weighted by molar-refractivity contribution is 5.95. The monoisotopic (exact) mass is 435 g/mol. The third-order valence-electron chi connectivity index (χ3n) is 5.17. The number of ether oxygens (including phenoxy) is 5. The first-order valence-corrected chi connectivity index (χ1v) is 10.2. The van der Waals surface area contributed by atoms with E-state index in [4.69, 9.17) is 23.7 Å². The van der Waals surface area contributed by atoms with E-state index in [-0.39, 0.29) is 12.0 Å². The average Bonchev–Trinajstić information content (AvgIpc) is 3.24. The Hall–Kier alpha value is -3.87. The molecule has 32 heavy (non-hydrogen) atoms. The first kappa shape index (κ1) is 21.4. The molecule has 0 spiro atoms. The second kappa shape index (κ2) is 9.51. The summed E-state index contributed by atoms with van der Waals surface area (Å²) < 4.78 is 27.8. The summed E-state index contributed by atoms with van der Waals surface area (Å²) in [6.07, 6.45) is 0.514. The molecule has 0 aromatic heterocycles. The van der Waals surface area contributed by atoms with Gasteiger partial charge in [0.2, 0.25) is 5.75 Å². The lowest BCUT2D eigenvalue weighted by molar-refractivity contribution is 0.0932. The number of hydrogen-bond acceptors (Lipinski definition) is 6. The lowest BCUT2D eigenvalue weighted by Crippen LogP contribution is -2.34. The molecule has 1 amide bonds. The molecular weight excluding hydrogens is 410 g/mol. The Morgan fingerprint density at radius 1 is 0.938 bits per heavy atom. The highest BCUT2D eigenvalue weighted by Gasteiger charge is 2.25. The molecule has 1 heterocycles. The van der Waals surface area contributed by atoms with Gasteiger partial charge in [-0.25, -0.2) is 0 Å². The molecule has 0 saturated carbocycles. The number of hydrogen-bond donors (Lipinski definition) is 1. The van der Waals surface area contributed by atoms with E-state index in [1.54, 1.807) is 12.1 Å². The van der Waals surface area contributed by atoms with Crippen LogP contribution < -0.4 is 29.0 Å². The topological polar surface area (TPSA) is 75.3 Å².